The van der Waals surface area contributed by atoms with Crippen LogP contribution >= 0.6 is 15.9 Å². The van der Waals surface area contributed by atoms with Gasteiger partial charge >= 0.3 is 6.09 Å². The van der Waals surface area contributed by atoms with Gasteiger partial charge in [-0.3, -0.25) is 9.30 Å². The third kappa shape index (κ3) is 5.74. The van der Waals surface area contributed by atoms with E-state index in [0.717, 1.165) is 28.8 Å². The van der Waals surface area contributed by atoms with Crippen molar-refractivity contribution in [2.24, 2.45) is 0 Å². The fourth-order valence-electron chi connectivity index (χ4n) is 4.97. The Hall–Kier alpha value is -4.12. The average Bonchev–Trinajstić information content (AvgIpc) is 3.35. The minimum atomic E-state index is -0.535. The van der Waals surface area contributed by atoms with Gasteiger partial charge in [0.2, 0.25) is 0 Å². The standard InChI is InChI=1S/C29H30BrN5O5/c1-38-23-11-9-20(24(14-23)39-2)15-32-27-25-26(30)33-28(34(25)13-12-31-27)21-8-10-22(17-36)35(16-21)29(37)40-18-19-6-4-3-5-7-19/h3-7,9,11-14,17,21-22H,8,10,15-16,18H2,1-2H3,(H,31,32)/t21-,22+/m1/s1. The summed E-state index contributed by atoms with van der Waals surface area (Å²) in [4.78, 5) is 35.7. The van der Waals surface area contributed by atoms with Crippen LogP contribution in [0.3, 0.4) is 0 Å². The predicted octanol–water partition coefficient (Wildman–Crippen LogP) is 5.20. The van der Waals surface area contributed by atoms with Crippen LogP contribution in [0.4, 0.5) is 10.6 Å². The predicted molar refractivity (Wildman–Crippen MR) is 153 cm³/mol. The first-order valence-electron chi connectivity index (χ1n) is 12.9. The van der Waals surface area contributed by atoms with Crippen molar-refractivity contribution >= 4 is 39.6 Å². The lowest BCUT2D eigenvalue weighted by molar-refractivity contribution is -0.113. The molecule has 5 rings (SSSR count). The Labute approximate surface area is 240 Å². The van der Waals surface area contributed by atoms with Crippen molar-refractivity contribution in [1.82, 2.24) is 19.3 Å². The van der Waals surface area contributed by atoms with Gasteiger partial charge in [-0.15, -0.1) is 0 Å². The van der Waals surface area contributed by atoms with Gasteiger partial charge in [0.1, 0.15) is 40.3 Å². The van der Waals surface area contributed by atoms with Gasteiger partial charge in [-0.1, -0.05) is 30.3 Å². The molecule has 1 amide bonds. The van der Waals surface area contributed by atoms with Crippen LogP contribution in [-0.4, -0.2) is 58.5 Å². The molecule has 1 aliphatic rings. The highest BCUT2D eigenvalue weighted by molar-refractivity contribution is 9.10. The summed E-state index contributed by atoms with van der Waals surface area (Å²) in [5, 5.41) is 3.40. The molecular weight excluding hydrogens is 578 g/mol. The summed E-state index contributed by atoms with van der Waals surface area (Å²) in [6.07, 6.45) is 5.09. The number of likely N-dealkylation sites (tertiary alicyclic amines) is 1. The number of benzene rings is 2. The van der Waals surface area contributed by atoms with Crippen molar-refractivity contribution in [3.05, 3.63) is 82.5 Å². The number of hydrogen-bond donors (Lipinski definition) is 1. The zero-order valence-corrected chi connectivity index (χ0v) is 23.8. The summed E-state index contributed by atoms with van der Waals surface area (Å²) in [5.74, 6) is 2.74. The zero-order chi connectivity index (χ0) is 28.1. The minimum Gasteiger partial charge on any atom is -0.497 e. The van der Waals surface area contributed by atoms with Gasteiger partial charge < -0.3 is 24.3 Å². The van der Waals surface area contributed by atoms with Crippen molar-refractivity contribution in [1.29, 1.82) is 0 Å². The molecule has 0 bridgehead atoms. The number of carbonyl (C=O) groups excluding carboxylic acids is 2. The summed E-state index contributed by atoms with van der Waals surface area (Å²) in [6, 6.07) is 14.6. The highest BCUT2D eigenvalue weighted by Gasteiger charge is 2.35. The molecule has 0 saturated carbocycles. The van der Waals surface area contributed by atoms with Crippen LogP contribution in [0.1, 0.15) is 35.7 Å². The SMILES string of the molecule is COc1ccc(CNc2nccn3c([C@@H]4CC[C@@H](C=O)N(C(=O)OCc5ccccc5)C4)nc(Br)c23)c(OC)c1. The Bertz CT molecular complexity index is 1500. The molecule has 1 saturated heterocycles. The second-order valence-corrected chi connectivity index (χ2v) is 10.2. The molecule has 2 aromatic heterocycles. The van der Waals surface area contributed by atoms with Crippen LogP contribution in [0, 0.1) is 0 Å². The van der Waals surface area contributed by atoms with Gasteiger partial charge in [0, 0.05) is 43.0 Å². The lowest BCUT2D eigenvalue weighted by Crippen LogP contribution is -2.47. The molecule has 1 aliphatic heterocycles. The number of halogens is 1. The van der Waals surface area contributed by atoms with Crippen molar-refractivity contribution in [3.63, 3.8) is 0 Å². The molecule has 3 heterocycles. The van der Waals surface area contributed by atoms with Crippen molar-refractivity contribution in [2.75, 3.05) is 26.1 Å². The number of aromatic nitrogens is 3. The Kier molecular flexibility index (Phi) is 8.49. The molecule has 40 heavy (non-hydrogen) atoms. The van der Waals surface area contributed by atoms with Crippen LogP contribution in [0.2, 0.25) is 0 Å². The number of piperidine rings is 1. The second-order valence-electron chi connectivity index (χ2n) is 9.46. The van der Waals surface area contributed by atoms with Gasteiger partial charge in [0.15, 0.2) is 5.82 Å². The van der Waals surface area contributed by atoms with E-state index in [4.69, 9.17) is 19.2 Å². The molecule has 1 N–H and O–H groups in total. The summed E-state index contributed by atoms with van der Waals surface area (Å²) < 4.78 is 19.0. The largest absolute Gasteiger partial charge is 0.497 e. The van der Waals surface area contributed by atoms with Gasteiger partial charge in [0.05, 0.1) is 20.3 Å². The van der Waals surface area contributed by atoms with E-state index in [0.29, 0.717) is 47.9 Å². The lowest BCUT2D eigenvalue weighted by atomic mass is 9.93. The molecule has 208 valence electrons. The van der Waals surface area contributed by atoms with Gasteiger partial charge in [-0.25, -0.2) is 14.8 Å². The Balaban J connectivity index is 1.35. The quantitative estimate of drug-likeness (QED) is 0.259. The molecule has 0 radical (unpaired) electrons. The van der Waals surface area contributed by atoms with Crippen LogP contribution < -0.4 is 14.8 Å². The first kappa shape index (κ1) is 27.4. The van der Waals surface area contributed by atoms with Crippen molar-refractivity contribution in [3.8, 4) is 11.5 Å². The molecular formula is C29H30BrN5O5. The maximum atomic E-state index is 13.0. The van der Waals surface area contributed by atoms with E-state index >= 15 is 0 Å². The minimum absolute atomic E-state index is 0.101. The lowest BCUT2D eigenvalue weighted by Gasteiger charge is -2.35. The summed E-state index contributed by atoms with van der Waals surface area (Å²) in [6.45, 7) is 0.930. The molecule has 2 aromatic carbocycles. The van der Waals surface area contributed by atoms with Crippen LogP contribution in [0.25, 0.3) is 5.52 Å². The number of amides is 1. The highest BCUT2D eigenvalue weighted by Crippen LogP contribution is 2.34. The summed E-state index contributed by atoms with van der Waals surface area (Å²) >= 11 is 3.61. The topological polar surface area (TPSA) is 107 Å². The number of carbonyl (C=O) groups is 2. The van der Waals surface area contributed by atoms with Gasteiger partial charge in [0.25, 0.3) is 0 Å². The Morgan fingerprint density at radius 3 is 2.73 bits per heavy atom. The number of anilines is 1. The fraction of sp³-hybridized carbons (Fsp3) is 0.310. The summed E-state index contributed by atoms with van der Waals surface area (Å²) in [5.41, 5.74) is 2.61. The molecule has 0 unspecified atom stereocenters. The monoisotopic (exact) mass is 607 g/mol. The van der Waals surface area contributed by atoms with E-state index in [9.17, 15) is 9.59 Å². The first-order valence-corrected chi connectivity index (χ1v) is 13.7. The third-order valence-corrected chi connectivity index (χ3v) is 7.62. The first-order chi connectivity index (χ1) is 19.5. The van der Waals surface area contributed by atoms with E-state index in [2.05, 4.69) is 26.2 Å². The molecule has 0 aliphatic carbocycles. The number of hydrogen-bond acceptors (Lipinski definition) is 8. The highest BCUT2D eigenvalue weighted by atomic mass is 79.9. The molecule has 10 nitrogen and oxygen atoms in total. The van der Waals surface area contributed by atoms with Crippen LogP contribution in [-0.2, 0) is 22.7 Å². The van der Waals surface area contributed by atoms with Crippen molar-refractivity contribution < 1.29 is 23.8 Å². The number of nitrogens with one attached hydrogen (secondary N) is 1. The van der Waals surface area contributed by atoms with E-state index < -0.39 is 12.1 Å². The van der Waals surface area contributed by atoms with E-state index in [1.165, 1.54) is 4.90 Å². The maximum absolute atomic E-state index is 13.0. The number of rotatable bonds is 9. The number of nitrogens with zero attached hydrogens (tertiary/aromatic N) is 4. The second kappa shape index (κ2) is 12.4. The maximum Gasteiger partial charge on any atom is 0.410 e. The third-order valence-electron chi connectivity index (χ3n) is 7.07. The number of ether oxygens (including phenoxy) is 3. The van der Waals surface area contributed by atoms with Crippen LogP contribution in [0.5, 0.6) is 11.5 Å². The van der Waals surface area contributed by atoms with Crippen LogP contribution in [0.15, 0.2) is 65.5 Å². The summed E-state index contributed by atoms with van der Waals surface area (Å²) in [7, 11) is 3.24. The molecule has 0 spiro atoms. The van der Waals surface area contributed by atoms with E-state index in [1.807, 2.05) is 59.1 Å². The zero-order valence-electron chi connectivity index (χ0n) is 22.2. The molecule has 11 heteroatoms. The Morgan fingerprint density at radius 1 is 1.15 bits per heavy atom. The fourth-order valence-corrected chi connectivity index (χ4v) is 5.53. The van der Waals surface area contributed by atoms with E-state index in [-0.39, 0.29) is 12.5 Å². The molecule has 4 aromatic rings. The number of imidazole rings is 1. The Morgan fingerprint density at radius 2 is 1.98 bits per heavy atom. The molecule has 1 fully saturated rings. The number of fused-ring (bicyclic) bond motifs is 1. The number of aldehydes is 1. The average molecular weight is 608 g/mol. The molecule has 2 atom stereocenters. The normalized spacial score (nSPS) is 16.9. The smallest absolute Gasteiger partial charge is 0.410 e. The van der Waals surface area contributed by atoms with Gasteiger partial charge in [-0.2, -0.15) is 0 Å². The van der Waals surface area contributed by atoms with Crippen molar-refractivity contribution in [2.45, 2.75) is 38.0 Å². The van der Waals surface area contributed by atoms with Gasteiger partial charge in [-0.05, 0) is 46.5 Å². The van der Waals surface area contributed by atoms with E-state index in [1.54, 1.807) is 20.4 Å². The number of methoxy groups -OCH3 is 2.